The summed E-state index contributed by atoms with van der Waals surface area (Å²) in [5.41, 5.74) is 9.91. The van der Waals surface area contributed by atoms with E-state index in [1.54, 1.807) is 0 Å². The Morgan fingerprint density at radius 3 is 2.58 bits per heavy atom. The van der Waals surface area contributed by atoms with Gasteiger partial charge in [-0.1, -0.05) is 0 Å². The number of aromatic amines is 1. The average molecular weight is 746 g/mol. The van der Waals surface area contributed by atoms with Crippen LogP contribution in [0.1, 0.15) is 18.7 Å². The monoisotopic (exact) mass is 746 g/mol. The minimum Gasteiger partial charge on any atom is -0.756 e. The molecule has 4 fully saturated rings. The van der Waals surface area contributed by atoms with Crippen LogP contribution in [0.25, 0.3) is 22.3 Å². The molecule has 0 radical (unpaired) electrons. The molecule has 0 aromatic carbocycles. The number of nitrogens with zero attached hydrogens (tertiary/aromatic N) is 7. The maximum absolute atomic E-state index is 16.0. The molecule has 246 valence electrons. The molecule has 20 nitrogen and oxygen atoms in total. The SMILES string of the molecule is Nc1nc2c(ncn2[C@H]2[C@H](O)[C@@H]3OP(=O)([O-])OC[C@H]4O[C@@H](n5cnc6c(N)ncnc65)[C@H](F)[C@@H]4OP(=O)([S-])OCC34C[C@H]24)c(=O)[nH]1.[Na+].[Na+]. The summed E-state index contributed by atoms with van der Waals surface area (Å²) in [5, 5.41) is 11.4. The van der Waals surface area contributed by atoms with E-state index in [2.05, 4.69) is 29.9 Å². The topological polar surface area (TPSA) is 283 Å². The molecule has 1 spiro atoms. The minimum atomic E-state index is -5.25. The zero-order valence-electron chi connectivity index (χ0n) is 25.1. The van der Waals surface area contributed by atoms with Crippen LogP contribution in [0.3, 0.4) is 0 Å². The van der Waals surface area contributed by atoms with Gasteiger partial charge < -0.3 is 61.1 Å². The Labute approximate surface area is 317 Å². The molecule has 2 saturated carbocycles. The fourth-order valence-electron chi connectivity index (χ4n) is 6.78. The number of aliphatic hydroxyl groups excluding tert-OH is 1. The van der Waals surface area contributed by atoms with E-state index in [1.165, 1.54) is 21.8 Å². The number of rotatable bonds is 2. The number of fused-ring (bicyclic) bond motifs is 3. The largest absolute Gasteiger partial charge is 1.00 e. The number of alkyl halides is 1. The van der Waals surface area contributed by atoms with Crippen LogP contribution in [0.5, 0.6) is 0 Å². The first-order valence-corrected chi connectivity index (χ1v) is 17.7. The molecule has 3 unspecified atom stereocenters. The summed E-state index contributed by atoms with van der Waals surface area (Å²) in [6.45, 7) is -5.84. The number of aromatic nitrogens is 8. The third kappa shape index (κ3) is 5.94. The van der Waals surface area contributed by atoms with Gasteiger partial charge in [-0.25, -0.2) is 24.3 Å². The van der Waals surface area contributed by atoms with Crippen molar-refractivity contribution in [3.8, 4) is 0 Å². The fourth-order valence-corrected chi connectivity index (χ4v) is 9.25. The van der Waals surface area contributed by atoms with Gasteiger partial charge in [0.25, 0.3) is 13.4 Å². The molecule has 4 aromatic heterocycles. The van der Waals surface area contributed by atoms with Gasteiger partial charge in [0, 0.05) is 5.41 Å². The van der Waals surface area contributed by atoms with E-state index in [9.17, 15) is 23.9 Å². The van der Waals surface area contributed by atoms with E-state index in [0.29, 0.717) is 0 Å². The van der Waals surface area contributed by atoms with Crippen molar-refractivity contribution in [1.29, 1.82) is 0 Å². The molecule has 4 aliphatic rings. The Bertz CT molecular complexity index is 2060. The number of anilines is 2. The zero-order valence-corrected chi connectivity index (χ0v) is 31.7. The van der Waals surface area contributed by atoms with Crippen molar-refractivity contribution in [2.24, 2.45) is 11.3 Å². The average Bonchev–Trinajstić information content (AvgIpc) is 3.25. The predicted molar refractivity (Wildman–Crippen MR) is 151 cm³/mol. The van der Waals surface area contributed by atoms with Gasteiger partial charge in [0.2, 0.25) is 5.95 Å². The van der Waals surface area contributed by atoms with E-state index in [4.69, 9.17) is 46.5 Å². The summed E-state index contributed by atoms with van der Waals surface area (Å²) in [5.74, 6) is -0.737. The first-order chi connectivity index (χ1) is 21.8. The standard InChI is InChI=1S/C22H25FN10O10P2S.2Na/c23-9-14-8(41-20(9)33-6-28-10-16(24)26-4-27-17(10)33)2-39-44(36,37)43-15-13(34)12(7-1-22(7,15)3-40-45(38,46)42-14)32-5-29-11-18(32)30-21(25)31-19(11)35;;/h4-9,12-15,20,34H,1-3H2,(H,36,37)(H,38,46)(H2,24,26,27)(H3,25,30,31,35);;/q;2*+1/p-2/t7-,8-,9-,12-,13+,14-,15+,20-,22?,45?;;/m1../s1. The molecule has 48 heavy (non-hydrogen) atoms. The molecule has 8 rings (SSSR count). The van der Waals surface area contributed by atoms with Crippen LogP contribution in [-0.2, 0) is 44.2 Å². The van der Waals surface area contributed by atoms with E-state index >= 15 is 4.39 Å². The summed E-state index contributed by atoms with van der Waals surface area (Å²) >= 11 is 5.13. The molecule has 4 aromatic rings. The number of ether oxygens (including phenoxy) is 1. The molecule has 0 amide bonds. The normalized spacial score (nSPS) is 39.3. The number of H-pyrrole nitrogens is 1. The van der Waals surface area contributed by atoms with Gasteiger partial charge in [0.05, 0.1) is 31.9 Å². The van der Waals surface area contributed by atoms with Crippen LogP contribution >= 0.6 is 14.6 Å². The Kier molecular flexibility index (Phi) is 9.85. The Morgan fingerprint density at radius 2 is 1.81 bits per heavy atom. The van der Waals surface area contributed by atoms with Crippen LogP contribution in [0.4, 0.5) is 16.2 Å². The van der Waals surface area contributed by atoms with E-state index < -0.39 is 87.6 Å². The van der Waals surface area contributed by atoms with Crippen molar-refractivity contribution < 1.29 is 105 Å². The molecule has 6 heterocycles. The number of phosphoric ester groups is 1. The smallest absolute Gasteiger partial charge is 0.756 e. The molecule has 0 bridgehead atoms. The first kappa shape index (κ1) is 36.7. The van der Waals surface area contributed by atoms with Crippen LogP contribution in [-0.4, -0.2) is 87.9 Å². The van der Waals surface area contributed by atoms with Crippen molar-refractivity contribution in [2.75, 3.05) is 24.7 Å². The fraction of sp³-hybridized carbons (Fsp3) is 0.545. The number of nitrogens with two attached hydrogens (primary N) is 2. The second kappa shape index (κ2) is 12.9. The second-order valence-corrected chi connectivity index (χ2v) is 15.5. The molecule has 2 aliphatic heterocycles. The van der Waals surface area contributed by atoms with Gasteiger partial charge >= 0.3 is 59.1 Å². The Hall–Kier alpha value is -1.04. The van der Waals surface area contributed by atoms with Gasteiger partial charge in [-0.05, 0) is 12.3 Å². The summed E-state index contributed by atoms with van der Waals surface area (Å²) < 4.78 is 72.7. The van der Waals surface area contributed by atoms with E-state index in [-0.39, 0.29) is 99.6 Å². The third-order valence-corrected chi connectivity index (χ3v) is 11.4. The van der Waals surface area contributed by atoms with E-state index in [1.807, 2.05) is 0 Å². The van der Waals surface area contributed by atoms with Crippen molar-refractivity contribution >= 4 is 61.0 Å². The second-order valence-electron chi connectivity index (χ2n) is 11.5. The zero-order chi connectivity index (χ0) is 32.3. The van der Waals surface area contributed by atoms with Crippen molar-refractivity contribution in [1.82, 2.24) is 39.0 Å². The number of phosphoric acid groups is 1. The predicted octanol–water partition coefficient (Wildman–Crippen LogP) is -6.77. The number of nitrogens with one attached hydrogen (secondary N) is 1. The molecule has 2 aliphatic carbocycles. The molecule has 11 atom stereocenters. The summed E-state index contributed by atoms with van der Waals surface area (Å²) in [4.78, 5) is 48.0. The first-order valence-electron chi connectivity index (χ1n) is 13.7. The third-order valence-electron chi connectivity index (χ3n) is 8.90. The maximum atomic E-state index is 16.0. The van der Waals surface area contributed by atoms with Gasteiger partial charge in [0.1, 0.15) is 36.3 Å². The number of aliphatic hydroxyl groups is 1. The number of imidazole rings is 2. The Morgan fingerprint density at radius 1 is 1.08 bits per heavy atom. The van der Waals surface area contributed by atoms with Crippen molar-refractivity contribution in [3.63, 3.8) is 0 Å². The number of hydrogen-bond acceptors (Lipinski definition) is 18. The van der Waals surface area contributed by atoms with E-state index in [0.717, 1.165) is 6.33 Å². The van der Waals surface area contributed by atoms with Gasteiger partial charge in [-0.15, -0.1) is 0 Å². The van der Waals surface area contributed by atoms with Crippen molar-refractivity contribution in [3.05, 3.63) is 29.3 Å². The summed E-state index contributed by atoms with van der Waals surface area (Å²) in [7, 11) is -5.25. The van der Waals surface area contributed by atoms with Gasteiger partial charge in [-0.2, -0.15) is 4.98 Å². The van der Waals surface area contributed by atoms with Crippen molar-refractivity contribution in [2.45, 2.75) is 49.3 Å². The van der Waals surface area contributed by atoms with Gasteiger partial charge in [-0.3, -0.25) is 23.5 Å². The van der Waals surface area contributed by atoms with Crippen LogP contribution < -0.4 is 81.0 Å². The maximum Gasteiger partial charge on any atom is 1.00 e. The quantitative estimate of drug-likeness (QED) is 0.0842. The molecular formula is C22H23FN10Na2O10P2S. The molecule has 6 N–H and O–H groups in total. The number of hydrogen-bond donors (Lipinski definition) is 4. The molecule has 26 heteroatoms. The molecule has 2 saturated heterocycles. The van der Waals surface area contributed by atoms with Crippen LogP contribution in [0.2, 0.25) is 0 Å². The Balaban J connectivity index is 0.00000201. The number of halogens is 1. The van der Waals surface area contributed by atoms with Crippen LogP contribution in [0.15, 0.2) is 23.8 Å². The summed E-state index contributed by atoms with van der Waals surface area (Å²) in [6.07, 6.45) is -6.03. The van der Waals surface area contributed by atoms with Gasteiger partial charge in [0.15, 0.2) is 41.8 Å². The number of nitrogen functional groups attached to an aromatic ring is 2. The van der Waals surface area contributed by atoms with Crippen LogP contribution in [0, 0.1) is 11.3 Å². The minimum absolute atomic E-state index is 0. The summed E-state index contributed by atoms with van der Waals surface area (Å²) in [6, 6.07) is -0.926. The molecular weight excluding hydrogens is 723 g/mol.